The largest absolute Gasteiger partial charge is 0.309 e. The van der Waals surface area contributed by atoms with Crippen molar-refractivity contribution in [2.45, 2.75) is 46.1 Å². The molecule has 0 aliphatic heterocycles. The molecule has 0 saturated heterocycles. The predicted molar refractivity (Wildman–Crippen MR) is 87.7 cm³/mol. The van der Waals surface area contributed by atoms with Crippen molar-refractivity contribution in [2.75, 3.05) is 6.54 Å². The summed E-state index contributed by atoms with van der Waals surface area (Å²) in [4.78, 5) is 10.8. The molecule has 112 valence electrons. The van der Waals surface area contributed by atoms with Crippen LogP contribution >= 0.6 is 11.3 Å². The molecule has 2 aromatic rings. The molecule has 0 saturated carbocycles. The van der Waals surface area contributed by atoms with Crippen LogP contribution in [0.15, 0.2) is 24.4 Å². The van der Waals surface area contributed by atoms with Crippen molar-refractivity contribution in [3.63, 3.8) is 0 Å². The van der Waals surface area contributed by atoms with Crippen LogP contribution in [0.5, 0.6) is 0 Å². The molecule has 21 heavy (non-hydrogen) atoms. The molecule has 3 rings (SSSR count). The van der Waals surface area contributed by atoms with Gasteiger partial charge in [-0.1, -0.05) is 26.8 Å². The Morgan fingerprint density at radius 2 is 2.24 bits per heavy atom. The van der Waals surface area contributed by atoms with Gasteiger partial charge in [-0.15, -0.1) is 11.3 Å². The Morgan fingerprint density at radius 1 is 1.38 bits per heavy atom. The fraction of sp³-hybridized carbons (Fsp3) is 0.529. The first-order valence-corrected chi connectivity index (χ1v) is 8.51. The lowest BCUT2D eigenvalue weighted by atomic mass is 9.76. The molecule has 0 bridgehead atoms. The number of pyridine rings is 1. The summed E-state index contributed by atoms with van der Waals surface area (Å²) in [7, 11) is 0. The molecule has 2 heterocycles. The minimum Gasteiger partial charge on any atom is -0.309 e. The second kappa shape index (κ2) is 5.85. The molecule has 4 heteroatoms. The van der Waals surface area contributed by atoms with E-state index in [0.29, 0.717) is 11.5 Å². The number of rotatable bonds is 4. The zero-order chi connectivity index (χ0) is 14.9. The number of fused-ring (bicyclic) bond motifs is 1. The maximum atomic E-state index is 4.91. The van der Waals surface area contributed by atoms with E-state index in [1.165, 1.54) is 22.0 Å². The van der Waals surface area contributed by atoms with Gasteiger partial charge in [0.15, 0.2) is 0 Å². The van der Waals surface area contributed by atoms with Crippen molar-refractivity contribution in [1.82, 2.24) is 15.3 Å². The Balaban J connectivity index is 1.87. The van der Waals surface area contributed by atoms with Gasteiger partial charge in [-0.25, -0.2) is 4.98 Å². The van der Waals surface area contributed by atoms with Crippen molar-refractivity contribution < 1.29 is 0 Å². The van der Waals surface area contributed by atoms with Crippen LogP contribution in [0.1, 0.15) is 54.5 Å². The van der Waals surface area contributed by atoms with Crippen LogP contribution < -0.4 is 5.32 Å². The van der Waals surface area contributed by atoms with Gasteiger partial charge in [0.25, 0.3) is 0 Å². The molecule has 1 atom stereocenters. The van der Waals surface area contributed by atoms with Crippen molar-refractivity contribution in [3.8, 4) is 0 Å². The van der Waals surface area contributed by atoms with Gasteiger partial charge in [0, 0.05) is 29.2 Å². The van der Waals surface area contributed by atoms with Crippen LogP contribution in [0, 0.1) is 5.41 Å². The van der Waals surface area contributed by atoms with Gasteiger partial charge in [-0.2, -0.15) is 0 Å². The zero-order valence-electron chi connectivity index (χ0n) is 13.0. The topological polar surface area (TPSA) is 37.8 Å². The monoisotopic (exact) mass is 301 g/mol. The van der Waals surface area contributed by atoms with E-state index in [4.69, 9.17) is 4.98 Å². The highest BCUT2D eigenvalue weighted by Gasteiger charge is 2.34. The zero-order valence-corrected chi connectivity index (χ0v) is 13.8. The fourth-order valence-corrected chi connectivity index (χ4v) is 4.30. The number of thiazole rings is 1. The molecule has 1 unspecified atom stereocenters. The van der Waals surface area contributed by atoms with Gasteiger partial charge in [0.05, 0.1) is 10.7 Å². The number of hydrogen-bond donors (Lipinski definition) is 1. The SMILES string of the molecule is CCNC1CC(C)(C)Cc2nc(Cc3ccccn3)sc21. The second-order valence-corrected chi connectivity index (χ2v) is 7.69. The lowest BCUT2D eigenvalue weighted by Crippen LogP contribution is -2.32. The molecule has 1 aliphatic carbocycles. The molecular formula is C17H23N3S. The van der Waals surface area contributed by atoms with Gasteiger partial charge >= 0.3 is 0 Å². The molecular weight excluding hydrogens is 278 g/mol. The van der Waals surface area contributed by atoms with Crippen LogP contribution in [-0.4, -0.2) is 16.5 Å². The standard InChI is InChI=1S/C17H23N3S/c1-4-18-13-10-17(2,3)11-14-16(13)21-15(20-14)9-12-7-5-6-8-19-12/h5-8,13,18H,4,9-11H2,1-3H3. The van der Waals surface area contributed by atoms with Crippen LogP contribution in [0.4, 0.5) is 0 Å². The van der Waals surface area contributed by atoms with E-state index in [0.717, 1.165) is 25.1 Å². The lowest BCUT2D eigenvalue weighted by molar-refractivity contribution is 0.260. The summed E-state index contributed by atoms with van der Waals surface area (Å²) >= 11 is 1.87. The highest BCUT2D eigenvalue weighted by molar-refractivity contribution is 7.11. The molecule has 0 fully saturated rings. The predicted octanol–water partition coefficient (Wildman–Crippen LogP) is 3.75. The Hall–Kier alpha value is -1.26. The van der Waals surface area contributed by atoms with Crippen molar-refractivity contribution in [1.29, 1.82) is 0 Å². The molecule has 1 N–H and O–H groups in total. The maximum Gasteiger partial charge on any atom is 0.0991 e. The Morgan fingerprint density at radius 3 is 2.95 bits per heavy atom. The van der Waals surface area contributed by atoms with Gasteiger partial charge in [-0.3, -0.25) is 4.98 Å². The third kappa shape index (κ3) is 3.33. The van der Waals surface area contributed by atoms with E-state index in [9.17, 15) is 0 Å². The van der Waals surface area contributed by atoms with Gasteiger partial charge in [-0.05, 0) is 36.9 Å². The quantitative estimate of drug-likeness (QED) is 0.934. The Labute approximate surface area is 130 Å². The highest BCUT2D eigenvalue weighted by Crippen LogP contribution is 2.43. The molecule has 3 nitrogen and oxygen atoms in total. The lowest BCUT2D eigenvalue weighted by Gasteiger charge is -2.34. The normalized spacial score (nSPS) is 20.2. The number of nitrogens with one attached hydrogen (secondary N) is 1. The van der Waals surface area contributed by atoms with Gasteiger partial charge < -0.3 is 5.32 Å². The first-order chi connectivity index (χ1) is 10.1. The molecule has 0 radical (unpaired) electrons. The van der Waals surface area contributed by atoms with Crippen molar-refractivity contribution in [3.05, 3.63) is 45.7 Å². The van der Waals surface area contributed by atoms with Crippen LogP contribution in [-0.2, 0) is 12.8 Å². The molecule has 0 amide bonds. The highest BCUT2D eigenvalue weighted by atomic mass is 32.1. The first-order valence-electron chi connectivity index (χ1n) is 7.69. The summed E-state index contributed by atoms with van der Waals surface area (Å²) in [5.74, 6) is 0. The summed E-state index contributed by atoms with van der Waals surface area (Å²) in [5, 5.41) is 4.82. The number of aromatic nitrogens is 2. The first kappa shape index (κ1) is 14.7. The Kier molecular flexibility index (Phi) is 4.09. The number of hydrogen-bond acceptors (Lipinski definition) is 4. The summed E-state index contributed by atoms with van der Waals surface area (Å²) in [6.07, 6.45) is 4.98. The Bertz CT molecular complexity index is 604. The molecule has 1 aliphatic rings. The van der Waals surface area contributed by atoms with Crippen molar-refractivity contribution >= 4 is 11.3 Å². The van der Waals surface area contributed by atoms with Crippen LogP contribution in [0.3, 0.4) is 0 Å². The third-order valence-electron chi connectivity index (χ3n) is 4.00. The van der Waals surface area contributed by atoms with Crippen LogP contribution in [0.2, 0.25) is 0 Å². The average molecular weight is 301 g/mol. The second-order valence-electron chi connectivity index (χ2n) is 6.57. The van der Waals surface area contributed by atoms with E-state index in [1.807, 2.05) is 29.7 Å². The number of nitrogens with zero attached hydrogens (tertiary/aromatic N) is 2. The van der Waals surface area contributed by atoms with E-state index in [2.05, 4.69) is 37.1 Å². The average Bonchev–Trinajstić information content (AvgIpc) is 2.81. The molecule has 0 spiro atoms. The van der Waals surface area contributed by atoms with Gasteiger partial charge in [0.2, 0.25) is 0 Å². The minimum absolute atomic E-state index is 0.330. The van der Waals surface area contributed by atoms with Crippen LogP contribution in [0.25, 0.3) is 0 Å². The van der Waals surface area contributed by atoms with E-state index in [1.54, 1.807) is 0 Å². The van der Waals surface area contributed by atoms with Gasteiger partial charge in [0.1, 0.15) is 0 Å². The molecule has 0 aromatic carbocycles. The minimum atomic E-state index is 0.330. The van der Waals surface area contributed by atoms with Crippen molar-refractivity contribution in [2.24, 2.45) is 5.41 Å². The summed E-state index contributed by atoms with van der Waals surface area (Å²) in [5.41, 5.74) is 2.73. The summed E-state index contributed by atoms with van der Waals surface area (Å²) < 4.78 is 0. The fourth-order valence-electron chi connectivity index (χ4n) is 3.13. The third-order valence-corrected chi connectivity index (χ3v) is 5.21. The smallest absolute Gasteiger partial charge is 0.0991 e. The summed E-state index contributed by atoms with van der Waals surface area (Å²) in [6, 6.07) is 6.54. The summed E-state index contributed by atoms with van der Waals surface area (Å²) in [6.45, 7) is 7.88. The molecule has 2 aromatic heterocycles. The van der Waals surface area contributed by atoms with E-state index >= 15 is 0 Å². The van der Waals surface area contributed by atoms with E-state index < -0.39 is 0 Å². The van der Waals surface area contributed by atoms with E-state index in [-0.39, 0.29) is 0 Å². The maximum absolute atomic E-state index is 4.91.